The lowest BCUT2D eigenvalue weighted by Crippen LogP contribution is -2.57. The van der Waals surface area contributed by atoms with Gasteiger partial charge in [0.15, 0.2) is 17.7 Å². The minimum absolute atomic E-state index is 0.125. The van der Waals surface area contributed by atoms with Crippen molar-refractivity contribution in [3.05, 3.63) is 60.3 Å². The molecule has 0 saturated carbocycles. The Morgan fingerprint density at radius 1 is 1.20 bits per heavy atom. The normalized spacial score (nSPS) is 21.6. The fourth-order valence-corrected chi connectivity index (χ4v) is 4.91. The molecule has 3 aromatic rings. The maximum atomic E-state index is 15.1. The summed E-state index contributed by atoms with van der Waals surface area (Å²) < 4.78 is 32.7. The molecule has 212 valence electrons. The molecular weight excluding hydrogens is 515 g/mol. The number of nitrogens with zero attached hydrogens (tertiary/aromatic N) is 2. The molecule has 0 radical (unpaired) electrons. The molecule has 3 heterocycles. The largest absolute Gasteiger partial charge is 0.486 e. The summed E-state index contributed by atoms with van der Waals surface area (Å²) in [5.41, 5.74) is 1.69. The molecule has 1 aromatic heterocycles. The number of amides is 2. The summed E-state index contributed by atoms with van der Waals surface area (Å²) in [6, 6.07) is 14.3. The van der Waals surface area contributed by atoms with E-state index in [0.29, 0.717) is 48.4 Å². The third-order valence-corrected chi connectivity index (χ3v) is 6.83. The van der Waals surface area contributed by atoms with Gasteiger partial charge >= 0.3 is 6.09 Å². The molecule has 1 saturated heterocycles. The number of pyridine rings is 1. The number of benzene rings is 2. The zero-order valence-corrected chi connectivity index (χ0v) is 23.0. The number of likely N-dealkylation sites (tertiary alicyclic amines) is 1. The number of hydrogen-bond donors (Lipinski definition) is 2. The number of hydrogen-bond acceptors (Lipinski definition) is 7. The van der Waals surface area contributed by atoms with Crippen LogP contribution in [0, 0.1) is 0 Å². The van der Waals surface area contributed by atoms with Crippen LogP contribution >= 0.6 is 0 Å². The average molecular weight is 551 g/mol. The zero-order valence-electron chi connectivity index (χ0n) is 23.0. The van der Waals surface area contributed by atoms with Crippen molar-refractivity contribution in [2.45, 2.75) is 64.1 Å². The van der Waals surface area contributed by atoms with Crippen LogP contribution in [0.4, 0.5) is 14.9 Å². The number of carbonyl (C=O) groups excluding carboxylic acids is 2. The average Bonchev–Trinajstić information content (AvgIpc) is 2.93. The molecule has 2 amide bonds. The quantitative estimate of drug-likeness (QED) is 0.481. The highest BCUT2D eigenvalue weighted by Gasteiger charge is 2.38. The Kier molecular flexibility index (Phi) is 7.95. The van der Waals surface area contributed by atoms with Gasteiger partial charge in [0.2, 0.25) is 5.91 Å². The maximum absolute atomic E-state index is 15.1. The van der Waals surface area contributed by atoms with Crippen molar-refractivity contribution in [3.8, 4) is 11.5 Å². The second-order valence-corrected chi connectivity index (χ2v) is 11.2. The number of piperidine rings is 1. The lowest BCUT2D eigenvalue weighted by molar-refractivity contribution is -0.128. The van der Waals surface area contributed by atoms with Crippen LogP contribution in [-0.4, -0.2) is 65.4 Å². The summed E-state index contributed by atoms with van der Waals surface area (Å²) in [5, 5.41) is 6.83. The smallest absolute Gasteiger partial charge is 0.410 e. The van der Waals surface area contributed by atoms with Crippen LogP contribution < -0.4 is 20.1 Å². The first-order chi connectivity index (χ1) is 19.2. The Balaban J connectivity index is 1.44. The topological polar surface area (TPSA) is 102 Å². The summed E-state index contributed by atoms with van der Waals surface area (Å²) in [6.45, 7) is 5.40. The highest BCUT2D eigenvalue weighted by Crippen LogP contribution is 2.37. The van der Waals surface area contributed by atoms with Crippen LogP contribution in [0.5, 0.6) is 11.5 Å². The number of aromatic nitrogens is 1. The van der Waals surface area contributed by atoms with E-state index in [1.165, 1.54) is 4.90 Å². The molecule has 0 aliphatic carbocycles. The van der Waals surface area contributed by atoms with Gasteiger partial charge in [-0.3, -0.25) is 14.7 Å². The van der Waals surface area contributed by atoms with Gasteiger partial charge in [-0.15, -0.1) is 0 Å². The second-order valence-electron chi connectivity index (χ2n) is 11.2. The minimum atomic E-state index is -1.49. The molecule has 2 aromatic carbocycles. The number of halogens is 1. The maximum Gasteiger partial charge on any atom is 0.410 e. The van der Waals surface area contributed by atoms with Crippen LogP contribution in [0.15, 0.2) is 54.7 Å². The first kappa shape index (κ1) is 27.5. The lowest BCUT2D eigenvalue weighted by atomic mass is 9.96. The van der Waals surface area contributed by atoms with Crippen molar-refractivity contribution in [3.63, 3.8) is 0 Å². The number of ether oxygens (including phenoxy) is 3. The number of fused-ring (bicyclic) bond motifs is 3. The number of anilines is 1. The molecule has 3 atom stereocenters. The monoisotopic (exact) mass is 550 g/mol. The third-order valence-electron chi connectivity index (χ3n) is 6.83. The van der Waals surface area contributed by atoms with Crippen molar-refractivity contribution >= 4 is 28.6 Å². The SMILES string of the molecule is CC(C)(C)OC(=O)N1CC[C@H]2C[C@H]1C(=O)NCC(F)COc1c(OCc3ccccc3)ccc3ncc(cc13)N2. The van der Waals surface area contributed by atoms with E-state index in [1.54, 1.807) is 33.0 Å². The lowest BCUT2D eigenvalue weighted by Gasteiger charge is -2.39. The molecule has 2 N–H and O–H groups in total. The zero-order chi connectivity index (χ0) is 28.3. The molecule has 0 spiro atoms. The van der Waals surface area contributed by atoms with Crippen molar-refractivity contribution in [1.82, 2.24) is 15.2 Å². The van der Waals surface area contributed by atoms with E-state index >= 15 is 4.39 Å². The molecule has 4 bridgehead atoms. The summed E-state index contributed by atoms with van der Waals surface area (Å²) in [6.07, 6.45) is 0.593. The van der Waals surface area contributed by atoms with Gasteiger partial charge < -0.3 is 24.8 Å². The Bertz CT molecular complexity index is 1360. The van der Waals surface area contributed by atoms with E-state index in [2.05, 4.69) is 15.6 Å². The highest BCUT2D eigenvalue weighted by molar-refractivity contribution is 5.90. The third kappa shape index (κ3) is 6.55. The molecule has 2 aliphatic heterocycles. The van der Waals surface area contributed by atoms with Crippen LogP contribution in [0.3, 0.4) is 0 Å². The molecule has 40 heavy (non-hydrogen) atoms. The number of nitrogens with one attached hydrogen (secondary N) is 2. The van der Waals surface area contributed by atoms with E-state index in [0.717, 1.165) is 11.3 Å². The predicted molar refractivity (Wildman–Crippen MR) is 149 cm³/mol. The van der Waals surface area contributed by atoms with Crippen LogP contribution in [0.1, 0.15) is 39.2 Å². The molecule has 1 fully saturated rings. The fourth-order valence-electron chi connectivity index (χ4n) is 4.91. The summed E-state index contributed by atoms with van der Waals surface area (Å²) in [4.78, 5) is 32.1. The van der Waals surface area contributed by atoms with Gasteiger partial charge in [0, 0.05) is 18.0 Å². The fraction of sp³-hybridized carbons (Fsp3) is 0.433. The number of carbonyl (C=O) groups is 2. The predicted octanol–water partition coefficient (Wildman–Crippen LogP) is 4.84. The van der Waals surface area contributed by atoms with E-state index in [4.69, 9.17) is 14.2 Å². The molecule has 1 unspecified atom stereocenters. The molecule has 5 rings (SSSR count). The van der Waals surface area contributed by atoms with Gasteiger partial charge in [0.05, 0.1) is 23.9 Å². The summed E-state index contributed by atoms with van der Waals surface area (Å²) in [7, 11) is 0. The minimum Gasteiger partial charge on any atom is -0.486 e. The van der Waals surface area contributed by atoms with Crippen molar-refractivity contribution in [2.24, 2.45) is 0 Å². The van der Waals surface area contributed by atoms with Crippen LogP contribution in [0.25, 0.3) is 10.9 Å². The van der Waals surface area contributed by atoms with Crippen molar-refractivity contribution in [2.75, 3.05) is 25.0 Å². The first-order valence-corrected chi connectivity index (χ1v) is 13.6. The van der Waals surface area contributed by atoms with E-state index in [9.17, 15) is 9.59 Å². The number of rotatable bonds is 3. The second kappa shape index (κ2) is 11.6. The van der Waals surface area contributed by atoms with Crippen molar-refractivity contribution in [1.29, 1.82) is 0 Å². The van der Waals surface area contributed by atoms with E-state index in [1.807, 2.05) is 42.5 Å². The number of alkyl halides is 1. The van der Waals surface area contributed by atoms with Crippen molar-refractivity contribution < 1.29 is 28.2 Å². The van der Waals surface area contributed by atoms with E-state index < -0.39 is 29.8 Å². The molecule has 9 nitrogen and oxygen atoms in total. The Hall–Kier alpha value is -4.08. The molecular formula is C30H35FN4O5. The van der Waals surface area contributed by atoms with Gasteiger partial charge in [-0.2, -0.15) is 0 Å². The van der Waals surface area contributed by atoms with Gasteiger partial charge in [0.25, 0.3) is 0 Å². The first-order valence-electron chi connectivity index (χ1n) is 13.6. The van der Waals surface area contributed by atoms with E-state index in [-0.39, 0.29) is 19.2 Å². The van der Waals surface area contributed by atoms with Crippen LogP contribution in [-0.2, 0) is 16.1 Å². The van der Waals surface area contributed by atoms with Crippen LogP contribution in [0.2, 0.25) is 0 Å². The van der Waals surface area contributed by atoms with Gasteiger partial charge in [0.1, 0.15) is 24.9 Å². The molecule has 10 heteroatoms. The highest BCUT2D eigenvalue weighted by atomic mass is 19.1. The van der Waals surface area contributed by atoms with Gasteiger partial charge in [-0.05, 0) is 57.4 Å². The van der Waals surface area contributed by atoms with Gasteiger partial charge in [-0.1, -0.05) is 30.3 Å². The molecule has 2 aliphatic rings. The summed E-state index contributed by atoms with van der Waals surface area (Å²) >= 11 is 0. The summed E-state index contributed by atoms with van der Waals surface area (Å²) in [5.74, 6) is 0.440. The Morgan fingerprint density at radius 2 is 2.00 bits per heavy atom. The Labute approximate surface area is 233 Å². The Morgan fingerprint density at radius 3 is 2.77 bits per heavy atom. The standard InChI is InChI=1S/C30H35FN4O5/c1-30(2,3)40-29(37)35-12-11-21-14-25(35)28(36)33-15-20(31)18-39-27-23-13-22(34-21)16-32-24(23)9-10-26(27)38-17-19-7-5-4-6-8-19/h4-10,13,16,20-21,25,34H,11-12,14-15,17-18H2,1-3H3,(H,33,36)/t20?,21-,25-/m0/s1. The van der Waals surface area contributed by atoms with Gasteiger partial charge in [-0.25, -0.2) is 9.18 Å².